The van der Waals surface area contributed by atoms with Crippen molar-refractivity contribution in [2.45, 2.75) is 25.3 Å². The molecule has 1 N–H and O–H groups in total. The highest BCUT2D eigenvalue weighted by atomic mass is 16.5. The van der Waals surface area contributed by atoms with E-state index >= 15 is 0 Å². The van der Waals surface area contributed by atoms with E-state index in [1.807, 2.05) is 0 Å². The maximum atomic E-state index is 5.18. The smallest absolute Gasteiger partial charge is 0.224 e. The number of anilines is 1. The Morgan fingerprint density at radius 3 is 3.00 bits per heavy atom. The minimum atomic E-state index is 0.469. The van der Waals surface area contributed by atoms with Gasteiger partial charge in [-0.05, 0) is 12.8 Å². The molecule has 76 valence electrons. The number of rotatable bonds is 1. The van der Waals surface area contributed by atoms with Gasteiger partial charge in [-0.15, -0.1) is 10.2 Å². The standard InChI is InChI=1S/C9H14N4O/c1-2-4-13-8(7-5-14-6-7)11-12-9(13)10-3-1/h7H,1-6H2,(H,10,12). The molecule has 0 radical (unpaired) electrons. The monoisotopic (exact) mass is 194 g/mol. The van der Waals surface area contributed by atoms with Crippen LogP contribution in [-0.4, -0.2) is 34.5 Å². The maximum Gasteiger partial charge on any atom is 0.224 e. The van der Waals surface area contributed by atoms with Gasteiger partial charge in [-0.3, -0.25) is 4.57 Å². The van der Waals surface area contributed by atoms with Crippen molar-refractivity contribution in [2.75, 3.05) is 25.1 Å². The van der Waals surface area contributed by atoms with Gasteiger partial charge in [0.1, 0.15) is 5.82 Å². The van der Waals surface area contributed by atoms with Crippen LogP contribution < -0.4 is 5.32 Å². The average Bonchev–Trinajstić information content (AvgIpc) is 2.36. The molecule has 0 atom stereocenters. The Bertz CT molecular complexity index is 332. The molecule has 1 aromatic rings. The molecule has 0 aromatic carbocycles. The molecule has 0 unspecified atom stereocenters. The Labute approximate surface area is 82.5 Å². The van der Waals surface area contributed by atoms with Gasteiger partial charge >= 0.3 is 0 Å². The van der Waals surface area contributed by atoms with E-state index in [-0.39, 0.29) is 0 Å². The third kappa shape index (κ3) is 1.19. The molecular weight excluding hydrogens is 180 g/mol. The summed E-state index contributed by atoms with van der Waals surface area (Å²) < 4.78 is 7.39. The van der Waals surface area contributed by atoms with Crippen molar-refractivity contribution in [3.8, 4) is 0 Å². The van der Waals surface area contributed by atoms with Crippen molar-refractivity contribution in [3.05, 3.63) is 5.82 Å². The van der Waals surface area contributed by atoms with Gasteiger partial charge in [0.05, 0.1) is 19.1 Å². The lowest BCUT2D eigenvalue weighted by molar-refractivity contribution is 0.00335. The molecule has 0 bridgehead atoms. The van der Waals surface area contributed by atoms with Gasteiger partial charge in [-0.1, -0.05) is 0 Å². The molecule has 14 heavy (non-hydrogen) atoms. The fraction of sp³-hybridized carbons (Fsp3) is 0.778. The minimum Gasteiger partial charge on any atom is -0.380 e. The second-order valence-electron chi connectivity index (χ2n) is 3.90. The number of hydrogen-bond acceptors (Lipinski definition) is 4. The fourth-order valence-corrected chi connectivity index (χ4v) is 1.95. The molecule has 1 saturated heterocycles. The van der Waals surface area contributed by atoms with Gasteiger partial charge in [0.2, 0.25) is 5.95 Å². The summed E-state index contributed by atoms with van der Waals surface area (Å²) >= 11 is 0. The zero-order valence-electron chi connectivity index (χ0n) is 8.07. The first-order chi connectivity index (χ1) is 6.95. The van der Waals surface area contributed by atoms with E-state index in [2.05, 4.69) is 20.1 Å². The number of hydrogen-bond donors (Lipinski definition) is 1. The summed E-state index contributed by atoms with van der Waals surface area (Å²) in [5, 5.41) is 11.7. The van der Waals surface area contributed by atoms with Crippen LogP contribution in [-0.2, 0) is 11.3 Å². The van der Waals surface area contributed by atoms with Crippen molar-refractivity contribution >= 4 is 5.95 Å². The van der Waals surface area contributed by atoms with E-state index in [1.54, 1.807) is 0 Å². The van der Waals surface area contributed by atoms with Gasteiger partial charge < -0.3 is 10.1 Å². The summed E-state index contributed by atoms with van der Waals surface area (Å²) in [7, 11) is 0. The van der Waals surface area contributed by atoms with Crippen molar-refractivity contribution in [1.29, 1.82) is 0 Å². The highest BCUT2D eigenvalue weighted by molar-refractivity contribution is 5.28. The topological polar surface area (TPSA) is 52.0 Å². The second kappa shape index (κ2) is 3.24. The maximum absolute atomic E-state index is 5.18. The number of aromatic nitrogens is 3. The lowest BCUT2D eigenvalue weighted by Gasteiger charge is -2.25. The van der Waals surface area contributed by atoms with Crippen LogP contribution in [0.25, 0.3) is 0 Å². The molecule has 2 aliphatic rings. The Morgan fingerprint density at radius 2 is 2.21 bits per heavy atom. The van der Waals surface area contributed by atoms with Gasteiger partial charge in [0.25, 0.3) is 0 Å². The minimum absolute atomic E-state index is 0.469. The molecule has 3 heterocycles. The molecule has 5 heteroatoms. The SMILES string of the molecule is C1CCn2c(nnc2C2COC2)NC1. The molecule has 1 aromatic heterocycles. The first kappa shape index (κ1) is 8.23. The third-order valence-corrected chi connectivity index (χ3v) is 2.87. The quantitative estimate of drug-likeness (QED) is 0.711. The Morgan fingerprint density at radius 1 is 1.29 bits per heavy atom. The Hall–Kier alpha value is -1.10. The predicted molar refractivity (Wildman–Crippen MR) is 51.3 cm³/mol. The molecule has 2 aliphatic heterocycles. The zero-order valence-corrected chi connectivity index (χ0v) is 8.07. The Balaban J connectivity index is 1.92. The number of nitrogens with one attached hydrogen (secondary N) is 1. The fourth-order valence-electron chi connectivity index (χ4n) is 1.95. The predicted octanol–water partition coefficient (Wildman–Crippen LogP) is 0.598. The van der Waals surface area contributed by atoms with Gasteiger partial charge in [0, 0.05) is 13.1 Å². The van der Waals surface area contributed by atoms with Crippen LogP contribution in [0.3, 0.4) is 0 Å². The van der Waals surface area contributed by atoms with E-state index in [0.29, 0.717) is 5.92 Å². The third-order valence-electron chi connectivity index (χ3n) is 2.87. The second-order valence-corrected chi connectivity index (χ2v) is 3.90. The summed E-state index contributed by atoms with van der Waals surface area (Å²) in [6.07, 6.45) is 2.42. The number of ether oxygens (including phenoxy) is 1. The van der Waals surface area contributed by atoms with E-state index < -0.39 is 0 Å². The summed E-state index contributed by atoms with van der Waals surface area (Å²) in [5.41, 5.74) is 0. The van der Waals surface area contributed by atoms with Gasteiger partial charge in [0.15, 0.2) is 0 Å². The number of nitrogens with zero attached hydrogens (tertiary/aromatic N) is 3. The van der Waals surface area contributed by atoms with E-state index in [0.717, 1.165) is 38.1 Å². The van der Waals surface area contributed by atoms with Gasteiger partial charge in [-0.25, -0.2) is 0 Å². The van der Waals surface area contributed by atoms with E-state index in [4.69, 9.17) is 4.74 Å². The van der Waals surface area contributed by atoms with Gasteiger partial charge in [-0.2, -0.15) is 0 Å². The highest BCUT2D eigenvalue weighted by Crippen LogP contribution is 2.25. The van der Waals surface area contributed by atoms with Crippen molar-refractivity contribution < 1.29 is 4.74 Å². The summed E-state index contributed by atoms with van der Waals surface area (Å²) in [6.45, 7) is 3.66. The van der Waals surface area contributed by atoms with Crippen molar-refractivity contribution in [1.82, 2.24) is 14.8 Å². The lowest BCUT2D eigenvalue weighted by Crippen LogP contribution is -2.28. The summed E-state index contributed by atoms with van der Waals surface area (Å²) in [6, 6.07) is 0. The van der Waals surface area contributed by atoms with Crippen LogP contribution in [0, 0.1) is 0 Å². The van der Waals surface area contributed by atoms with Crippen LogP contribution in [0.2, 0.25) is 0 Å². The zero-order chi connectivity index (χ0) is 9.38. The first-order valence-electron chi connectivity index (χ1n) is 5.20. The van der Waals surface area contributed by atoms with Crippen molar-refractivity contribution in [3.63, 3.8) is 0 Å². The molecule has 0 spiro atoms. The highest BCUT2D eigenvalue weighted by Gasteiger charge is 2.27. The van der Waals surface area contributed by atoms with E-state index in [9.17, 15) is 0 Å². The van der Waals surface area contributed by atoms with E-state index in [1.165, 1.54) is 12.8 Å². The first-order valence-corrected chi connectivity index (χ1v) is 5.20. The van der Waals surface area contributed by atoms with Crippen LogP contribution in [0.15, 0.2) is 0 Å². The molecule has 0 amide bonds. The average molecular weight is 194 g/mol. The normalized spacial score (nSPS) is 22.0. The Kier molecular flexibility index (Phi) is 1.90. The number of fused-ring (bicyclic) bond motifs is 1. The summed E-state index contributed by atoms with van der Waals surface area (Å²) in [4.78, 5) is 0. The molecule has 0 saturated carbocycles. The molecule has 1 fully saturated rings. The molecular formula is C9H14N4O. The summed E-state index contributed by atoms with van der Waals surface area (Å²) in [5.74, 6) is 2.50. The van der Waals surface area contributed by atoms with Crippen LogP contribution in [0.4, 0.5) is 5.95 Å². The lowest BCUT2D eigenvalue weighted by atomic mass is 10.1. The largest absolute Gasteiger partial charge is 0.380 e. The molecule has 0 aliphatic carbocycles. The van der Waals surface area contributed by atoms with Crippen LogP contribution in [0.1, 0.15) is 24.6 Å². The van der Waals surface area contributed by atoms with Crippen LogP contribution in [0.5, 0.6) is 0 Å². The van der Waals surface area contributed by atoms with Crippen molar-refractivity contribution in [2.24, 2.45) is 0 Å². The molecule has 5 nitrogen and oxygen atoms in total. The van der Waals surface area contributed by atoms with Crippen LogP contribution >= 0.6 is 0 Å². The molecule has 3 rings (SSSR count).